The molecule has 0 saturated carbocycles. The van der Waals surface area contributed by atoms with Crippen LogP contribution in [0.4, 0.5) is 11.4 Å². The highest BCUT2D eigenvalue weighted by Crippen LogP contribution is 2.39. The standard InChI is InChI=1S/C30H30N4O5/c1-18-16-24-25(17-23(18)30(37)38)32-29(36)26(24)27(19-6-4-3-5-7-19)31-21-10-8-20(9-11-21)28(35)33-39-22-12-14-34(2)15-13-22/h3-11,16-17,22,31H,12-15H2,1-2H3,(H,32,36)(H,33,35)(H,37,38)/b27-26-. The minimum Gasteiger partial charge on any atom is -0.478 e. The van der Waals surface area contributed by atoms with Crippen LogP contribution in [0.5, 0.6) is 0 Å². The zero-order chi connectivity index (χ0) is 27.5. The van der Waals surface area contributed by atoms with Crippen molar-refractivity contribution in [3.63, 3.8) is 0 Å². The highest BCUT2D eigenvalue weighted by atomic mass is 16.7. The molecule has 9 nitrogen and oxygen atoms in total. The summed E-state index contributed by atoms with van der Waals surface area (Å²) < 4.78 is 0. The van der Waals surface area contributed by atoms with Crippen LogP contribution in [-0.2, 0) is 9.63 Å². The summed E-state index contributed by atoms with van der Waals surface area (Å²) >= 11 is 0. The van der Waals surface area contributed by atoms with Crippen LogP contribution in [0.25, 0.3) is 11.3 Å². The second-order valence-electron chi connectivity index (χ2n) is 9.84. The second kappa shape index (κ2) is 11.1. The molecule has 0 spiro atoms. The minimum atomic E-state index is -1.05. The molecule has 1 saturated heterocycles. The molecule has 2 heterocycles. The van der Waals surface area contributed by atoms with Gasteiger partial charge in [-0.1, -0.05) is 30.3 Å². The largest absolute Gasteiger partial charge is 0.478 e. The van der Waals surface area contributed by atoms with E-state index in [0.717, 1.165) is 31.5 Å². The predicted molar refractivity (Wildman–Crippen MR) is 149 cm³/mol. The van der Waals surface area contributed by atoms with Gasteiger partial charge >= 0.3 is 5.97 Å². The van der Waals surface area contributed by atoms with Crippen LogP contribution in [0, 0.1) is 6.92 Å². The van der Waals surface area contributed by atoms with Crippen LogP contribution in [-0.4, -0.2) is 54.0 Å². The lowest BCUT2D eigenvalue weighted by Gasteiger charge is -2.28. The number of likely N-dealkylation sites (tertiary alicyclic amines) is 1. The fourth-order valence-electron chi connectivity index (χ4n) is 4.84. The number of hydroxylamine groups is 1. The Morgan fingerprint density at radius 1 is 1.00 bits per heavy atom. The predicted octanol–water partition coefficient (Wildman–Crippen LogP) is 4.38. The molecule has 5 rings (SSSR count). The number of anilines is 2. The van der Waals surface area contributed by atoms with Crippen LogP contribution in [0.15, 0.2) is 66.7 Å². The van der Waals surface area contributed by atoms with Crippen molar-refractivity contribution in [2.45, 2.75) is 25.9 Å². The molecule has 4 N–H and O–H groups in total. The van der Waals surface area contributed by atoms with Crippen molar-refractivity contribution in [1.82, 2.24) is 10.4 Å². The van der Waals surface area contributed by atoms with E-state index in [-0.39, 0.29) is 23.5 Å². The quantitative estimate of drug-likeness (QED) is 0.266. The van der Waals surface area contributed by atoms with E-state index in [2.05, 4.69) is 28.1 Å². The molecule has 3 aromatic carbocycles. The summed E-state index contributed by atoms with van der Waals surface area (Å²) in [7, 11) is 2.07. The lowest BCUT2D eigenvalue weighted by atomic mass is 9.96. The maximum Gasteiger partial charge on any atom is 0.336 e. The van der Waals surface area contributed by atoms with Crippen LogP contribution >= 0.6 is 0 Å². The molecule has 0 radical (unpaired) electrons. The minimum absolute atomic E-state index is 0.00166. The van der Waals surface area contributed by atoms with E-state index in [1.807, 2.05) is 30.3 Å². The van der Waals surface area contributed by atoms with E-state index in [0.29, 0.717) is 39.3 Å². The fourth-order valence-corrected chi connectivity index (χ4v) is 4.84. The van der Waals surface area contributed by atoms with Crippen molar-refractivity contribution in [2.24, 2.45) is 0 Å². The third-order valence-corrected chi connectivity index (χ3v) is 7.05. The highest BCUT2D eigenvalue weighted by molar-refractivity contribution is 6.37. The number of aryl methyl sites for hydroxylation is 1. The molecule has 9 heteroatoms. The lowest BCUT2D eigenvalue weighted by molar-refractivity contribution is -0.110. The van der Waals surface area contributed by atoms with E-state index < -0.39 is 5.97 Å². The van der Waals surface area contributed by atoms with Gasteiger partial charge in [0, 0.05) is 29.9 Å². The average molecular weight is 527 g/mol. The number of hydrogen-bond donors (Lipinski definition) is 4. The first-order valence-electron chi connectivity index (χ1n) is 12.8. The summed E-state index contributed by atoms with van der Waals surface area (Å²) in [4.78, 5) is 45.3. The van der Waals surface area contributed by atoms with Gasteiger partial charge in [0.25, 0.3) is 11.8 Å². The highest BCUT2D eigenvalue weighted by Gasteiger charge is 2.30. The molecular formula is C30H30N4O5. The molecule has 39 heavy (non-hydrogen) atoms. The maximum absolute atomic E-state index is 13.2. The van der Waals surface area contributed by atoms with Crippen LogP contribution in [0.2, 0.25) is 0 Å². The Kier molecular flexibility index (Phi) is 7.44. The molecule has 2 aliphatic heterocycles. The number of nitrogens with zero attached hydrogens (tertiary/aromatic N) is 1. The van der Waals surface area contributed by atoms with Crippen molar-refractivity contribution < 1.29 is 24.3 Å². The van der Waals surface area contributed by atoms with Crippen molar-refractivity contribution in [1.29, 1.82) is 0 Å². The van der Waals surface area contributed by atoms with Crippen molar-refractivity contribution in [3.05, 3.63) is 94.5 Å². The van der Waals surface area contributed by atoms with Crippen molar-refractivity contribution >= 4 is 40.4 Å². The number of nitrogens with one attached hydrogen (secondary N) is 3. The zero-order valence-corrected chi connectivity index (χ0v) is 21.8. The van der Waals surface area contributed by atoms with Crippen molar-refractivity contribution in [2.75, 3.05) is 30.8 Å². The molecule has 0 atom stereocenters. The second-order valence-corrected chi connectivity index (χ2v) is 9.84. The van der Waals surface area contributed by atoms with Gasteiger partial charge in [0.05, 0.1) is 28.6 Å². The smallest absolute Gasteiger partial charge is 0.336 e. The van der Waals surface area contributed by atoms with E-state index >= 15 is 0 Å². The van der Waals surface area contributed by atoms with Gasteiger partial charge in [-0.2, -0.15) is 0 Å². The SMILES string of the molecule is Cc1cc2c(cc1C(=O)O)NC(=O)/C2=C(\Nc1ccc(C(=O)NOC2CCN(C)CC2)cc1)c1ccccc1. The van der Waals surface area contributed by atoms with Gasteiger partial charge in [-0.3, -0.25) is 14.4 Å². The van der Waals surface area contributed by atoms with Gasteiger partial charge in [0.15, 0.2) is 0 Å². The van der Waals surface area contributed by atoms with Gasteiger partial charge in [-0.05, 0) is 74.3 Å². The Balaban J connectivity index is 1.40. The monoisotopic (exact) mass is 526 g/mol. The summed E-state index contributed by atoms with van der Waals surface area (Å²) in [5, 5.41) is 15.7. The number of carbonyl (C=O) groups excluding carboxylic acids is 2. The number of hydrogen-bond acceptors (Lipinski definition) is 6. The summed E-state index contributed by atoms with van der Waals surface area (Å²) in [5.74, 6) is -1.71. The first-order chi connectivity index (χ1) is 18.8. The first kappa shape index (κ1) is 26.1. The summed E-state index contributed by atoms with van der Waals surface area (Å²) in [6.45, 7) is 3.58. The Hall–Kier alpha value is -4.47. The van der Waals surface area contributed by atoms with Gasteiger partial charge in [-0.25, -0.2) is 10.3 Å². The number of piperidine rings is 1. The molecule has 0 aromatic heterocycles. The topological polar surface area (TPSA) is 120 Å². The fraction of sp³-hybridized carbons (Fsp3) is 0.233. The zero-order valence-electron chi connectivity index (χ0n) is 21.8. The molecule has 1 fully saturated rings. The molecule has 200 valence electrons. The van der Waals surface area contributed by atoms with Crippen LogP contribution < -0.4 is 16.1 Å². The molecule has 2 amide bonds. The summed E-state index contributed by atoms with van der Waals surface area (Å²) in [6, 6.07) is 19.5. The van der Waals surface area contributed by atoms with Gasteiger partial charge < -0.3 is 20.6 Å². The van der Waals surface area contributed by atoms with Crippen LogP contribution in [0.1, 0.15) is 50.2 Å². The normalized spacial score (nSPS) is 16.8. The Morgan fingerprint density at radius 2 is 1.69 bits per heavy atom. The summed E-state index contributed by atoms with van der Waals surface area (Å²) in [5.41, 5.74) is 7.21. The Morgan fingerprint density at radius 3 is 2.36 bits per heavy atom. The molecule has 0 unspecified atom stereocenters. The average Bonchev–Trinajstić information content (AvgIpc) is 3.25. The van der Waals surface area contributed by atoms with E-state index in [9.17, 15) is 19.5 Å². The van der Waals surface area contributed by atoms with Gasteiger partial charge in [0.1, 0.15) is 0 Å². The molecule has 3 aromatic rings. The van der Waals surface area contributed by atoms with E-state index in [4.69, 9.17) is 4.84 Å². The number of amides is 2. The number of rotatable bonds is 7. The maximum atomic E-state index is 13.2. The molecule has 0 aliphatic carbocycles. The number of carboxylic acids is 1. The first-order valence-corrected chi connectivity index (χ1v) is 12.8. The number of carbonyl (C=O) groups is 3. The Labute approximate surface area is 226 Å². The molecule has 2 aliphatic rings. The van der Waals surface area contributed by atoms with Crippen LogP contribution in [0.3, 0.4) is 0 Å². The number of fused-ring (bicyclic) bond motifs is 1. The number of aromatic carboxylic acids is 1. The van der Waals surface area contributed by atoms with Gasteiger partial charge in [0.2, 0.25) is 0 Å². The van der Waals surface area contributed by atoms with Crippen molar-refractivity contribution in [3.8, 4) is 0 Å². The molecular weight excluding hydrogens is 496 g/mol. The third kappa shape index (κ3) is 5.69. The Bertz CT molecular complexity index is 1440. The number of carboxylic acid groups (broad SMARTS) is 1. The van der Waals surface area contributed by atoms with E-state index in [1.54, 1.807) is 37.3 Å². The third-order valence-electron chi connectivity index (χ3n) is 7.05. The summed E-state index contributed by atoms with van der Waals surface area (Å²) in [6.07, 6.45) is 1.73. The molecule has 0 bridgehead atoms. The van der Waals surface area contributed by atoms with E-state index in [1.165, 1.54) is 6.07 Å². The lowest BCUT2D eigenvalue weighted by Crippen LogP contribution is -2.38. The van der Waals surface area contributed by atoms with Gasteiger partial charge in [-0.15, -0.1) is 0 Å². The number of benzene rings is 3.